The van der Waals surface area contributed by atoms with Crippen LogP contribution in [0.25, 0.3) is 0 Å². The lowest BCUT2D eigenvalue weighted by molar-refractivity contribution is -0.383. The molecule has 8 nitrogen and oxygen atoms in total. The van der Waals surface area contributed by atoms with Crippen LogP contribution >= 0.6 is 0 Å². The van der Waals surface area contributed by atoms with Crippen molar-refractivity contribution in [1.82, 2.24) is 0 Å². The molecule has 3 rings (SSSR count). The maximum atomic E-state index is 12.6. The zero-order valence-corrected chi connectivity index (χ0v) is 14.9. The first-order valence-electron chi connectivity index (χ1n) is 8.83. The first kappa shape index (κ1) is 18.7. The van der Waals surface area contributed by atoms with Crippen LogP contribution in [0, 0.1) is 10.1 Å². The Bertz CT molecular complexity index is 863. The molecule has 1 heterocycles. The van der Waals surface area contributed by atoms with E-state index < -0.39 is 10.8 Å². The molecule has 1 saturated heterocycles. The number of piperidine rings is 1. The number of aliphatic hydroxyl groups excluding tert-OH is 1. The fourth-order valence-corrected chi connectivity index (χ4v) is 3.26. The van der Waals surface area contributed by atoms with Crippen molar-refractivity contribution in [2.75, 3.05) is 29.0 Å². The maximum absolute atomic E-state index is 12.6. The van der Waals surface area contributed by atoms with Crippen LogP contribution < -0.4 is 16.0 Å². The molecular formula is C19H22N4O4. The van der Waals surface area contributed by atoms with Gasteiger partial charge in [-0.05, 0) is 55.2 Å². The zero-order valence-electron chi connectivity index (χ0n) is 14.9. The number of carbonyl (C=O) groups is 1. The number of carbonyl (C=O) groups excluding carboxylic acids is 1. The van der Waals surface area contributed by atoms with Crippen molar-refractivity contribution < 1.29 is 14.8 Å². The molecule has 0 saturated carbocycles. The van der Waals surface area contributed by atoms with Crippen molar-refractivity contribution in [2.45, 2.75) is 25.9 Å². The van der Waals surface area contributed by atoms with Gasteiger partial charge in [0.2, 0.25) is 0 Å². The van der Waals surface area contributed by atoms with Crippen LogP contribution in [0.4, 0.5) is 22.7 Å². The van der Waals surface area contributed by atoms with Crippen LogP contribution in [-0.4, -0.2) is 29.0 Å². The molecule has 1 aliphatic rings. The normalized spacial score (nSPS) is 14.0. The number of aliphatic hydroxyl groups is 1. The molecule has 0 spiro atoms. The lowest BCUT2D eigenvalue weighted by Crippen LogP contribution is -2.29. The Kier molecular flexibility index (Phi) is 5.56. The maximum Gasteiger partial charge on any atom is 0.294 e. The number of nitrogen functional groups attached to an aromatic ring is 1. The van der Waals surface area contributed by atoms with Gasteiger partial charge in [-0.2, -0.15) is 0 Å². The van der Waals surface area contributed by atoms with Gasteiger partial charge in [-0.25, -0.2) is 0 Å². The Morgan fingerprint density at radius 3 is 2.59 bits per heavy atom. The summed E-state index contributed by atoms with van der Waals surface area (Å²) in [6, 6.07) is 9.46. The van der Waals surface area contributed by atoms with Crippen molar-refractivity contribution in [1.29, 1.82) is 0 Å². The van der Waals surface area contributed by atoms with E-state index in [1.54, 1.807) is 6.07 Å². The van der Waals surface area contributed by atoms with Crippen molar-refractivity contribution in [3.8, 4) is 0 Å². The summed E-state index contributed by atoms with van der Waals surface area (Å²) in [5, 5.41) is 23.3. The second-order valence-corrected chi connectivity index (χ2v) is 6.53. The predicted octanol–water partition coefficient (Wildman–Crippen LogP) is 2.91. The predicted molar refractivity (Wildman–Crippen MR) is 104 cm³/mol. The largest absolute Gasteiger partial charge is 0.393 e. The van der Waals surface area contributed by atoms with Crippen LogP contribution in [0.5, 0.6) is 0 Å². The average molecular weight is 370 g/mol. The minimum absolute atomic E-state index is 0.0277. The third-order valence-electron chi connectivity index (χ3n) is 4.71. The van der Waals surface area contributed by atoms with Gasteiger partial charge in [0.1, 0.15) is 5.69 Å². The second-order valence-electron chi connectivity index (χ2n) is 6.53. The molecule has 27 heavy (non-hydrogen) atoms. The fourth-order valence-electron chi connectivity index (χ4n) is 3.26. The third-order valence-corrected chi connectivity index (χ3v) is 4.71. The number of amides is 1. The van der Waals surface area contributed by atoms with E-state index in [1.807, 2.05) is 12.1 Å². The number of nitrogens with one attached hydrogen (secondary N) is 1. The highest BCUT2D eigenvalue weighted by Gasteiger charge is 2.18. The molecule has 8 heteroatoms. The van der Waals surface area contributed by atoms with Crippen LogP contribution in [0.1, 0.15) is 35.2 Å². The average Bonchev–Trinajstić information content (AvgIpc) is 2.69. The second kappa shape index (κ2) is 8.05. The van der Waals surface area contributed by atoms with Crippen LogP contribution in [0.2, 0.25) is 0 Å². The van der Waals surface area contributed by atoms with Crippen molar-refractivity contribution in [2.24, 2.45) is 0 Å². The molecule has 0 unspecified atom stereocenters. The Morgan fingerprint density at radius 1 is 1.19 bits per heavy atom. The molecule has 0 aromatic heterocycles. The van der Waals surface area contributed by atoms with Crippen LogP contribution in [-0.2, 0) is 6.61 Å². The topological polar surface area (TPSA) is 122 Å². The van der Waals surface area contributed by atoms with E-state index in [9.17, 15) is 20.0 Å². The van der Waals surface area contributed by atoms with E-state index in [4.69, 9.17) is 5.73 Å². The minimum Gasteiger partial charge on any atom is -0.393 e. The SMILES string of the molecule is Nc1ccc(NC(=O)c2ccc(N3CCCCC3)cc2CO)cc1[N+](=O)[O-]. The number of nitro benzene ring substituents is 1. The number of nitrogens with zero attached hydrogens (tertiary/aromatic N) is 2. The van der Waals surface area contributed by atoms with Gasteiger partial charge in [0, 0.05) is 36.1 Å². The molecule has 2 aromatic rings. The number of hydrogen-bond donors (Lipinski definition) is 3. The van der Waals surface area contributed by atoms with Gasteiger partial charge in [-0.15, -0.1) is 0 Å². The molecule has 0 radical (unpaired) electrons. The number of benzene rings is 2. The van der Waals surface area contributed by atoms with Gasteiger partial charge >= 0.3 is 0 Å². The summed E-state index contributed by atoms with van der Waals surface area (Å²) >= 11 is 0. The number of anilines is 3. The molecule has 0 aliphatic carbocycles. The van der Waals surface area contributed by atoms with E-state index in [0.717, 1.165) is 31.6 Å². The van der Waals surface area contributed by atoms with E-state index in [2.05, 4.69) is 10.2 Å². The molecule has 1 aliphatic heterocycles. The van der Waals surface area contributed by atoms with Gasteiger partial charge < -0.3 is 21.1 Å². The summed E-state index contributed by atoms with van der Waals surface area (Å²) in [6.45, 7) is 1.66. The lowest BCUT2D eigenvalue weighted by atomic mass is 10.0. The smallest absolute Gasteiger partial charge is 0.294 e. The van der Waals surface area contributed by atoms with Crippen molar-refractivity contribution in [3.63, 3.8) is 0 Å². The molecule has 2 aromatic carbocycles. The number of hydrogen-bond acceptors (Lipinski definition) is 6. The minimum atomic E-state index is -0.600. The highest BCUT2D eigenvalue weighted by molar-refractivity contribution is 6.05. The molecule has 0 bridgehead atoms. The van der Waals surface area contributed by atoms with Gasteiger partial charge in [-0.1, -0.05) is 0 Å². The highest BCUT2D eigenvalue weighted by atomic mass is 16.6. The first-order valence-corrected chi connectivity index (χ1v) is 8.83. The zero-order chi connectivity index (χ0) is 19.4. The summed E-state index contributed by atoms with van der Waals surface area (Å²) in [7, 11) is 0. The van der Waals surface area contributed by atoms with Gasteiger partial charge in [0.05, 0.1) is 11.5 Å². The van der Waals surface area contributed by atoms with Crippen LogP contribution in [0.15, 0.2) is 36.4 Å². The number of rotatable bonds is 5. The summed E-state index contributed by atoms with van der Waals surface area (Å²) in [6.07, 6.45) is 3.48. The Labute approximate surface area is 156 Å². The molecule has 4 N–H and O–H groups in total. The van der Waals surface area contributed by atoms with Gasteiger partial charge in [-0.3, -0.25) is 14.9 Å². The summed E-state index contributed by atoms with van der Waals surface area (Å²) in [5.41, 5.74) is 7.43. The van der Waals surface area contributed by atoms with Crippen molar-refractivity contribution >= 4 is 28.7 Å². The van der Waals surface area contributed by atoms with Gasteiger partial charge in [0.15, 0.2) is 0 Å². The number of nitro groups is 1. The van der Waals surface area contributed by atoms with E-state index in [0.29, 0.717) is 11.1 Å². The monoisotopic (exact) mass is 370 g/mol. The molecule has 1 fully saturated rings. The molecule has 142 valence electrons. The molecule has 0 atom stereocenters. The highest BCUT2D eigenvalue weighted by Crippen LogP contribution is 2.27. The van der Waals surface area contributed by atoms with E-state index >= 15 is 0 Å². The Morgan fingerprint density at radius 2 is 1.93 bits per heavy atom. The standard InChI is InChI=1S/C19H22N4O4/c20-17-7-4-14(11-18(17)23(26)27)21-19(25)16-6-5-15(10-13(16)12-24)22-8-2-1-3-9-22/h4-7,10-11,24H,1-3,8-9,12,20H2,(H,21,25). The quantitative estimate of drug-likeness (QED) is 0.423. The molecule has 1 amide bonds. The summed E-state index contributed by atoms with van der Waals surface area (Å²) < 4.78 is 0. The van der Waals surface area contributed by atoms with Crippen LogP contribution in [0.3, 0.4) is 0 Å². The first-order chi connectivity index (χ1) is 13.0. The number of nitrogens with two attached hydrogens (primary N) is 1. The Balaban J connectivity index is 1.82. The van der Waals surface area contributed by atoms with Crippen molar-refractivity contribution in [3.05, 3.63) is 57.6 Å². The Hall–Kier alpha value is -3.13. The summed E-state index contributed by atoms with van der Waals surface area (Å²) in [4.78, 5) is 25.2. The fraction of sp³-hybridized carbons (Fsp3) is 0.316. The lowest BCUT2D eigenvalue weighted by Gasteiger charge is -2.29. The van der Waals surface area contributed by atoms with E-state index in [1.165, 1.54) is 24.6 Å². The molecular weight excluding hydrogens is 348 g/mol. The van der Waals surface area contributed by atoms with Gasteiger partial charge in [0.25, 0.3) is 11.6 Å². The third kappa shape index (κ3) is 4.17. The summed E-state index contributed by atoms with van der Waals surface area (Å²) in [5.74, 6) is -0.441. The van der Waals surface area contributed by atoms with E-state index in [-0.39, 0.29) is 23.7 Å².